The summed E-state index contributed by atoms with van der Waals surface area (Å²) < 4.78 is 33.0. The molecule has 108 valence electrons. The maximum Gasteiger partial charge on any atom is 0.150 e. The molecule has 0 fully saturated rings. The van der Waals surface area contributed by atoms with Gasteiger partial charge in [-0.2, -0.15) is 0 Å². The molecule has 0 amide bonds. The number of benzene rings is 1. The summed E-state index contributed by atoms with van der Waals surface area (Å²) >= 11 is 0. The average molecular weight is 287 g/mol. The van der Waals surface area contributed by atoms with E-state index in [2.05, 4.69) is 5.32 Å². The Labute approximate surface area is 114 Å². The number of rotatable bonds is 8. The van der Waals surface area contributed by atoms with Crippen LogP contribution in [0.25, 0.3) is 0 Å². The summed E-state index contributed by atoms with van der Waals surface area (Å²) in [6, 6.07) is 5.47. The Kier molecular flexibility index (Phi) is 5.95. The summed E-state index contributed by atoms with van der Waals surface area (Å²) in [5, 5.41) is 3.17. The summed E-state index contributed by atoms with van der Waals surface area (Å²) in [7, 11) is 0.290. The third kappa shape index (κ3) is 5.38. The van der Waals surface area contributed by atoms with Crippen LogP contribution in [0.3, 0.4) is 0 Å². The van der Waals surface area contributed by atoms with Gasteiger partial charge in [0.15, 0.2) is 0 Å². The number of sulfone groups is 1. The third-order valence-corrected chi connectivity index (χ3v) is 4.54. The Morgan fingerprint density at radius 2 is 1.68 bits per heavy atom. The highest BCUT2D eigenvalue weighted by Gasteiger charge is 2.06. The molecule has 1 aromatic carbocycles. The van der Waals surface area contributed by atoms with Gasteiger partial charge < -0.3 is 14.8 Å². The quantitative estimate of drug-likeness (QED) is 0.740. The van der Waals surface area contributed by atoms with Crippen LogP contribution in [0.1, 0.15) is 13.3 Å². The lowest BCUT2D eigenvalue weighted by Gasteiger charge is -2.10. The van der Waals surface area contributed by atoms with Gasteiger partial charge in [0.25, 0.3) is 0 Å². The van der Waals surface area contributed by atoms with Gasteiger partial charge in [0.2, 0.25) is 0 Å². The van der Waals surface area contributed by atoms with E-state index in [0.29, 0.717) is 24.5 Å². The van der Waals surface area contributed by atoms with Crippen LogP contribution in [0.4, 0.5) is 5.69 Å². The molecule has 0 atom stereocenters. The first-order valence-corrected chi connectivity index (χ1v) is 8.00. The number of methoxy groups -OCH3 is 2. The molecule has 0 saturated carbocycles. The molecule has 1 aromatic rings. The minimum Gasteiger partial charge on any atom is -0.497 e. The van der Waals surface area contributed by atoms with E-state index in [0.717, 1.165) is 5.69 Å². The highest BCUT2D eigenvalue weighted by molar-refractivity contribution is 7.91. The summed E-state index contributed by atoms with van der Waals surface area (Å²) in [4.78, 5) is 0. The third-order valence-electron chi connectivity index (χ3n) is 2.75. The van der Waals surface area contributed by atoms with Gasteiger partial charge in [-0.1, -0.05) is 6.92 Å². The number of hydrogen-bond donors (Lipinski definition) is 1. The van der Waals surface area contributed by atoms with Gasteiger partial charge in [0, 0.05) is 36.2 Å². The molecule has 19 heavy (non-hydrogen) atoms. The molecule has 0 bridgehead atoms. The van der Waals surface area contributed by atoms with Gasteiger partial charge in [-0.05, 0) is 6.42 Å². The molecule has 0 aliphatic carbocycles. The van der Waals surface area contributed by atoms with Gasteiger partial charge in [-0.25, -0.2) is 8.42 Å². The largest absolute Gasteiger partial charge is 0.497 e. The zero-order chi connectivity index (χ0) is 14.3. The SMILES string of the molecule is CCS(=O)(=O)CCCNc1cc(OC)cc(OC)c1. The highest BCUT2D eigenvalue weighted by atomic mass is 32.2. The first kappa shape index (κ1) is 15.6. The molecule has 0 spiro atoms. The average Bonchev–Trinajstić information content (AvgIpc) is 2.43. The van der Waals surface area contributed by atoms with Crippen LogP contribution in [-0.2, 0) is 9.84 Å². The minimum absolute atomic E-state index is 0.194. The molecule has 0 aromatic heterocycles. The summed E-state index contributed by atoms with van der Waals surface area (Å²) in [5.74, 6) is 1.79. The zero-order valence-electron chi connectivity index (χ0n) is 11.6. The van der Waals surface area contributed by atoms with Crippen LogP contribution in [-0.4, -0.2) is 40.7 Å². The fraction of sp³-hybridized carbons (Fsp3) is 0.538. The number of hydrogen-bond acceptors (Lipinski definition) is 5. The first-order chi connectivity index (χ1) is 9.00. The first-order valence-electron chi connectivity index (χ1n) is 6.18. The highest BCUT2D eigenvalue weighted by Crippen LogP contribution is 2.25. The maximum atomic E-state index is 11.3. The van der Waals surface area contributed by atoms with Gasteiger partial charge in [0.1, 0.15) is 21.3 Å². The molecule has 1 rings (SSSR count). The predicted octanol–water partition coefficient (Wildman–Crippen LogP) is 1.94. The van der Waals surface area contributed by atoms with Crippen molar-refractivity contribution < 1.29 is 17.9 Å². The minimum atomic E-state index is -2.89. The van der Waals surface area contributed by atoms with Gasteiger partial charge >= 0.3 is 0 Å². The second-order valence-corrected chi connectivity index (χ2v) is 6.59. The van der Waals surface area contributed by atoms with Crippen molar-refractivity contribution in [2.24, 2.45) is 0 Å². The Balaban J connectivity index is 2.53. The summed E-state index contributed by atoms with van der Waals surface area (Å²) in [5.41, 5.74) is 0.852. The van der Waals surface area contributed by atoms with Crippen molar-refractivity contribution in [3.05, 3.63) is 18.2 Å². The molecule has 5 nitrogen and oxygen atoms in total. The van der Waals surface area contributed by atoms with E-state index in [1.807, 2.05) is 12.1 Å². The van der Waals surface area contributed by atoms with Crippen LogP contribution in [0.15, 0.2) is 18.2 Å². The molecule has 0 unspecified atom stereocenters. The lowest BCUT2D eigenvalue weighted by Crippen LogP contribution is -2.13. The van der Waals surface area contributed by atoms with Crippen molar-refractivity contribution in [1.82, 2.24) is 0 Å². The Hall–Kier alpha value is -1.43. The molecule has 0 heterocycles. The van der Waals surface area contributed by atoms with E-state index in [1.165, 1.54) is 0 Å². The standard InChI is InChI=1S/C13H21NO4S/c1-4-19(15,16)7-5-6-14-11-8-12(17-2)10-13(9-11)18-3/h8-10,14H,4-7H2,1-3H3. The fourth-order valence-corrected chi connectivity index (χ4v) is 2.45. The Morgan fingerprint density at radius 1 is 1.11 bits per heavy atom. The van der Waals surface area contributed by atoms with E-state index in [9.17, 15) is 8.42 Å². The predicted molar refractivity (Wildman–Crippen MR) is 77.0 cm³/mol. The smallest absolute Gasteiger partial charge is 0.150 e. The van der Waals surface area contributed by atoms with Crippen molar-refractivity contribution in [2.75, 3.05) is 37.6 Å². The van der Waals surface area contributed by atoms with E-state index in [1.54, 1.807) is 27.2 Å². The van der Waals surface area contributed by atoms with Gasteiger partial charge in [-0.3, -0.25) is 0 Å². The van der Waals surface area contributed by atoms with Crippen LogP contribution in [0, 0.1) is 0 Å². The topological polar surface area (TPSA) is 64.6 Å². The molecule has 6 heteroatoms. The van der Waals surface area contributed by atoms with E-state index in [4.69, 9.17) is 9.47 Å². The fourth-order valence-electron chi connectivity index (χ4n) is 1.58. The van der Waals surface area contributed by atoms with Crippen molar-refractivity contribution in [2.45, 2.75) is 13.3 Å². The second kappa shape index (κ2) is 7.23. The van der Waals surface area contributed by atoms with Crippen LogP contribution < -0.4 is 14.8 Å². The van der Waals surface area contributed by atoms with E-state index < -0.39 is 9.84 Å². The Morgan fingerprint density at radius 3 is 2.16 bits per heavy atom. The van der Waals surface area contributed by atoms with E-state index >= 15 is 0 Å². The van der Waals surface area contributed by atoms with Crippen LogP contribution >= 0.6 is 0 Å². The summed E-state index contributed by atoms with van der Waals surface area (Å²) in [6.45, 7) is 2.26. The molecule has 0 aliphatic rings. The molecule has 0 saturated heterocycles. The number of ether oxygens (including phenoxy) is 2. The normalized spacial score (nSPS) is 11.1. The summed E-state index contributed by atoms with van der Waals surface area (Å²) in [6.07, 6.45) is 0.579. The van der Waals surface area contributed by atoms with E-state index in [-0.39, 0.29) is 11.5 Å². The lowest BCUT2D eigenvalue weighted by atomic mass is 10.2. The molecule has 0 radical (unpaired) electrons. The number of anilines is 1. The zero-order valence-corrected chi connectivity index (χ0v) is 12.4. The monoisotopic (exact) mass is 287 g/mol. The maximum absolute atomic E-state index is 11.3. The molecular formula is C13H21NO4S. The molecular weight excluding hydrogens is 266 g/mol. The van der Waals surface area contributed by atoms with Crippen LogP contribution in [0.5, 0.6) is 11.5 Å². The number of nitrogens with one attached hydrogen (secondary N) is 1. The van der Waals surface area contributed by atoms with Crippen LogP contribution in [0.2, 0.25) is 0 Å². The molecule has 0 aliphatic heterocycles. The van der Waals surface area contributed by atoms with Crippen molar-refractivity contribution in [1.29, 1.82) is 0 Å². The lowest BCUT2D eigenvalue weighted by molar-refractivity contribution is 0.394. The second-order valence-electron chi connectivity index (χ2n) is 4.12. The Bertz CT molecular complexity index is 477. The molecule has 1 N–H and O–H groups in total. The van der Waals surface area contributed by atoms with Crippen molar-refractivity contribution >= 4 is 15.5 Å². The van der Waals surface area contributed by atoms with Gasteiger partial charge in [0.05, 0.1) is 20.0 Å². The van der Waals surface area contributed by atoms with Gasteiger partial charge in [-0.15, -0.1) is 0 Å². The van der Waals surface area contributed by atoms with Crippen molar-refractivity contribution in [3.8, 4) is 11.5 Å². The van der Waals surface area contributed by atoms with Crippen molar-refractivity contribution in [3.63, 3.8) is 0 Å².